The Kier molecular flexibility index (Phi) is 4.90. The molecule has 0 heterocycles. The molecule has 166 valence electrons. The molecule has 34 heavy (non-hydrogen) atoms. The first-order chi connectivity index (χ1) is 16.6. The minimum Gasteiger partial charge on any atom is -0.322 e. The average Bonchev–Trinajstić information content (AvgIpc) is 2.87. The van der Waals surface area contributed by atoms with Gasteiger partial charge in [0.25, 0.3) is 0 Å². The highest BCUT2D eigenvalue weighted by molar-refractivity contribution is 6.27. The number of hydrogen-bond acceptors (Lipinski definition) is 1. The van der Waals surface area contributed by atoms with Crippen LogP contribution >= 0.6 is 0 Å². The van der Waals surface area contributed by atoms with Crippen molar-refractivity contribution in [3.8, 4) is 22.3 Å². The van der Waals surface area contributed by atoms with Gasteiger partial charge in [0.1, 0.15) is 0 Å². The predicted octanol–water partition coefficient (Wildman–Crippen LogP) is 8.89. The van der Waals surface area contributed by atoms with Crippen LogP contribution in [0.1, 0.15) is 32.3 Å². The van der Waals surface area contributed by atoms with E-state index in [-0.39, 0.29) is 5.54 Å². The summed E-state index contributed by atoms with van der Waals surface area (Å²) < 4.78 is 0. The van der Waals surface area contributed by atoms with Gasteiger partial charge in [-0.15, -0.1) is 0 Å². The second-order valence-electron chi connectivity index (χ2n) is 9.76. The molecule has 1 heteroatoms. The van der Waals surface area contributed by atoms with Crippen LogP contribution in [0, 0.1) is 0 Å². The molecule has 0 fully saturated rings. The van der Waals surface area contributed by atoms with Crippen molar-refractivity contribution in [2.24, 2.45) is 5.73 Å². The molecule has 0 aliphatic heterocycles. The smallest absolute Gasteiger partial charge is 0.0380 e. The van der Waals surface area contributed by atoms with E-state index in [1.54, 1.807) is 0 Å². The van der Waals surface area contributed by atoms with Crippen LogP contribution in [0.3, 0.4) is 0 Å². The molecular weight excluding hydrogens is 410 g/mol. The topological polar surface area (TPSA) is 26.0 Å². The van der Waals surface area contributed by atoms with Gasteiger partial charge < -0.3 is 5.73 Å². The second-order valence-corrected chi connectivity index (χ2v) is 9.76. The van der Waals surface area contributed by atoms with Crippen molar-refractivity contribution < 1.29 is 0 Å². The zero-order chi connectivity index (χ0) is 23.3. The van der Waals surface area contributed by atoms with E-state index in [0.29, 0.717) is 0 Å². The standard InChI is InChI=1S/C33H29N/c1-3-21-33(2,34)26-15-9-23(10-16-26)28-18-12-25-13-19-29-27(22-7-5-4-6-8-22)17-11-24-14-20-30(28)32(25)31(24)29/h4-20H,3,21,34H2,1-2H3. The van der Waals surface area contributed by atoms with Crippen molar-refractivity contribution in [1.29, 1.82) is 0 Å². The summed E-state index contributed by atoms with van der Waals surface area (Å²) in [7, 11) is 0. The highest BCUT2D eigenvalue weighted by Gasteiger charge is 2.20. The van der Waals surface area contributed by atoms with Gasteiger partial charge >= 0.3 is 0 Å². The van der Waals surface area contributed by atoms with E-state index in [9.17, 15) is 0 Å². The summed E-state index contributed by atoms with van der Waals surface area (Å²) in [6.45, 7) is 4.32. The lowest BCUT2D eigenvalue weighted by Gasteiger charge is -2.25. The lowest BCUT2D eigenvalue weighted by atomic mass is 9.85. The minimum atomic E-state index is -0.288. The quantitative estimate of drug-likeness (QED) is 0.267. The molecule has 2 N–H and O–H groups in total. The molecule has 0 aliphatic rings. The summed E-state index contributed by atoms with van der Waals surface area (Å²) >= 11 is 0. The lowest BCUT2D eigenvalue weighted by Crippen LogP contribution is -2.32. The summed E-state index contributed by atoms with van der Waals surface area (Å²) in [6, 6.07) is 37.8. The number of hydrogen-bond donors (Lipinski definition) is 1. The monoisotopic (exact) mass is 439 g/mol. The maximum Gasteiger partial charge on any atom is 0.0380 e. The van der Waals surface area contributed by atoms with Crippen molar-refractivity contribution in [1.82, 2.24) is 0 Å². The van der Waals surface area contributed by atoms with E-state index in [2.05, 4.69) is 117 Å². The molecule has 6 aromatic carbocycles. The van der Waals surface area contributed by atoms with Gasteiger partial charge in [0.15, 0.2) is 0 Å². The van der Waals surface area contributed by atoms with Crippen LogP contribution in [-0.2, 0) is 5.54 Å². The SMILES string of the molecule is CCCC(C)(N)c1ccc(-c2ccc3ccc4c(-c5ccccc5)ccc5ccc2c3c54)cc1. The Morgan fingerprint density at radius 3 is 1.62 bits per heavy atom. The molecule has 0 aliphatic carbocycles. The fraction of sp³-hybridized carbons (Fsp3) is 0.152. The highest BCUT2D eigenvalue weighted by atomic mass is 14.7. The van der Waals surface area contributed by atoms with Crippen LogP contribution in [0.4, 0.5) is 0 Å². The van der Waals surface area contributed by atoms with Gasteiger partial charge in [-0.2, -0.15) is 0 Å². The van der Waals surface area contributed by atoms with Crippen LogP contribution < -0.4 is 5.73 Å². The highest BCUT2D eigenvalue weighted by Crippen LogP contribution is 2.42. The number of rotatable bonds is 5. The van der Waals surface area contributed by atoms with Gasteiger partial charge in [0, 0.05) is 5.54 Å². The molecule has 0 amide bonds. The normalized spacial score (nSPS) is 13.6. The van der Waals surface area contributed by atoms with Crippen molar-refractivity contribution in [2.75, 3.05) is 0 Å². The van der Waals surface area contributed by atoms with Gasteiger partial charge in [-0.05, 0) is 73.5 Å². The molecular formula is C33H29N. The van der Waals surface area contributed by atoms with Crippen molar-refractivity contribution in [3.05, 3.63) is 109 Å². The van der Waals surface area contributed by atoms with E-state index in [4.69, 9.17) is 5.73 Å². The molecule has 0 saturated carbocycles. The number of nitrogens with two attached hydrogens (primary N) is 1. The summed E-state index contributed by atoms with van der Waals surface area (Å²) in [5, 5.41) is 7.90. The summed E-state index contributed by atoms with van der Waals surface area (Å²) in [5.41, 5.74) is 12.5. The van der Waals surface area contributed by atoms with Gasteiger partial charge in [-0.1, -0.05) is 116 Å². The van der Waals surface area contributed by atoms with E-state index < -0.39 is 0 Å². The van der Waals surface area contributed by atoms with Crippen molar-refractivity contribution in [3.63, 3.8) is 0 Å². The van der Waals surface area contributed by atoms with Crippen molar-refractivity contribution in [2.45, 2.75) is 32.2 Å². The van der Waals surface area contributed by atoms with Crippen LogP contribution in [0.25, 0.3) is 54.6 Å². The third-order valence-electron chi connectivity index (χ3n) is 7.37. The third kappa shape index (κ3) is 3.28. The molecule has 0 radical (unpaired) electrons. The molecule has 0 aromatic heterocycles. The van der Waals surface area contributed by atoms with E-state index in [1.165, 1.54) is 60.1 Å². The van der Waals surface area contributed by atoms with E-state index in [1.807, 2.05) is 0 Å². The fourth-order valence-electron chi connectivity index (χ4n) is 5.62. The first-order valence-electron chi connectivity index (χ1n) is 12.2. The Hall–Kier alpha value is -3.68. The summed E-state index contributed by atoms with van der Waals surface area (Å²) in [5.74, 6) is 0. The maximum absolute atomic E-state index is 6.59. The number of benzene rings is 6. The van der Waals surface area contributed by atoms with Crippen LogP contribution in [0.5, 0.6) is 0 Å². The third-order valence-corrected chi connectivity index (χ3v) is 7.37. The second kappa shape index (κ2) is 7.97. The zero-order valence-electron chi connectivity index (χ0n) is 19.8. The molecule has 1 atom stereocenters. The fourth-order valence-corrected chi connectivity index (χ4v) is 5.62. The Labute approximate surface area is 201 Å². The molecule has 0 bridgehead atoms. The lowest BCUT2D eigenvalue weighted by molar-refractivity contribution is 0.447. The largest absolute Gasteiger partial charge is 0.322 e. The first kappa shape index (κ1) is 20.9. The van der Waals surface area contributed by atoms with Crippen LogP contribution in [0.2, 0.25) is 0 Å². The van der Waals surface area contributed by atoms with Crippen LogP contribution in [0.15, 0.2) is 103 Å². The molecule has 0 saturated heterocycles. The Morgan fingerprint density at radius 1 is 0.588 bits per heavy atom. The molecule has 6 aromatic rings. The molecule has 6 rings (SSSR count). The first-order valence-corrected chi connectivity index (χ1v) is 12.2. The van der Waals surface area contributed by atoms with E-state index >= 15 is 0 Å². The Morgan fingerprint density at radius 2 is 1.09 bits per heavy atom. The van der Waals surface area contributed by atoms with Gasteiger partial charge in [-0.3, -0.25) is 0 Å². The average molecular weight is 440 g/mol. The summed E-state index contributed by atoms with van der Waals surface area (Å²) in [6.07, 6.45) is 2.06. The molecule has 1 unspecified atom stereocenters. The van der Waals surface area contributed by atoms with Crippen molar-refractivity contribution >= 4 is 32.3 Å². The van der Waals surface area contributed by atoms with E-state index in [0.717, 1.165) is 12.8 Å². The zero-order valence-corrected chi connectivity index (χ0v) is 19.8. The molecule has 1 nitrogen and oxygen atoms in total. The van der Waals surface area contributed by atoms with Crippen LogP contribution in [-0.4, -0.2) is 0 Å². The minimum absolute atomic E-state index is 0.288. The summed E-state index contributed by atoms with van der Waals surface area (Å²) in [4.78, 5) is 0. The van der Waals surface area contributed by atoms with Gasteiger partial charge in [-0.25, -0.2) is 0 Å². The Balaban J connectivity index is 1.57. The Bertz CT molecular complexity index is 1610. The molecule has 0 spiro atoms. The van der Waals surface area contributed by atoms with Gasteiger partial charge in [0.05, 0.1) is 0 Å². The van der Waals surface area contributed by atoms with Gasteiger partial charge in [0.2, 0.25) is 0 Å². The predicted molar refractivity (Wildman–Crippen MR) is 147 cm³/mol. The maximum atomic E-state index is 6.59.